The lowest BCUT2D eigenvalue weighted by Crippen LogP contribution is -2.48. The number of alkyl halides is 3. The van der Waals surface area contributed by atoms with Crippen molar-refractivity contribution in [2.45, 2.75) is 38.4 Å². The lowest BCUT2D eigenvalue weighted by molar-refractivity contribution is -0.160. The summed E-state index contributed by atoms with van der Waals surface area (Å²) in [6.45, 7) is 0.986. The Labute approximate surface area is 109 Å². The molecule has 8 heteroatoms. The number of piperidine rings is 1. The Bertz CT molecular complexity index is 328. The lowest BCUT2D eigenvalue weighted by Gasteiger charge is -2.29. The van der Waals surface area contributed by atoms with Crippen LogP contribution in [0, 0.1) is 0 Å². The van der Waals surface area contributed by atoms with E-state index < -0.39 is 24.9 Å². The molecule has 0 aromatic carbocycles. The smallest absolute Gasteiger partial charge is 0.422 e. The molecule has 0 bridgehead atoms. The molecule has 2 amide bonds. The third kappa shape index (κ3) is 5.80. The Balaban J connectivity index is 2.34. The second kappa shape index (κ2) is 6.63. The molecular formula is C11H17F3N2O3. The quantitative estimate of drug-likeness (QED) is 0.856. The van der Waals surface area contributed by atoms with Crippen LogP contribution in [0.15, 0.2) is 0 Å². The zero-order valence-corrected chi connectivity index (χ0v) is 10.6. The van der Waals surface area contributed by atoms with Gasteiger partial charge in [-0.3, -0.25) is 4.79 Å². The first-order chi connectivity index (χ1) is 8.79. The number of rotatable bonds is 3. The fourth-order valence-corrected chi connectivity index (χ4v) is 1.82. The first-order valence-corrected chi connectivity index (χ1v) is 6.08. The first-order valence-electron chi connectivity index (χ1n) is 6.08. The predicted molar refractivity (Wildman–Crippen MR) is 60.4 cm³/mol. The number of alkyl carbamates (subject to hydrolysis) is 1. The third-order valence-corrected chi connectivity index (χ3v) is 2.74. The monoisotopic (exact) mass is 282 g/mol. The molecule has 1 aliphatic heterocycles. The molecule has 1 rings (SSSR count). The number of amides is 2. The van der Waals surface area contributed by atoms with Crippen LogP contribution in [0.3, 0.4) is 0 Å². The van der Waals surface area contributed by atoms with E-state index in [2.05, 4.69) is 10.1 Å². The number of carbonyl (C=O) groups is 2. The number of hydrogen-bond acceptors (Lipinski definition) is 3. The maximum atomic E-state index is 11.9. The molecule has 110 valence electrons. The van der Waals surface area contributed by atoms with E-state index in [1.54, 1.807) is 4.90 Å². The summed E-state index contributed by atoms with van der Waals surface area (Å²) in [6, 6.07) is -0.890. The zero-order chi connectivity index (χ0) is 14.5. The molecule has 5 nitrogen and oxygen atoms in total. The normalized spacial score (nSPS) is 17.8. The van der Waals surface area contributed by atoms with Crippen LogP contribution in [0.5, 0.6) is 0 Å². The van der Waals surface area contributed by atoms with Crippen molar-refractivity contribution in [1.29, 1.82) is 0 Å². The highest BCUT2D eigenvalue weighted by molar-refractivity contribution is 5.85. The summed E-state index contributed by atoms with van der Waals surface area (Å²) in [5, 5.41) is 2.10. The standard InChI is InChI=1S/C11H17F3N2O3/c1-8(9(17)16-5-3-2-4-6-16)15-10(18)19-7-11(12,13)14/h8H,2-7H2,1H3,(H,15,18). The van der Waals surface area contributed by atoms with E-state index in [1.807, 2.05) is 0 Å². The highest BCUT2D eigenvalue weighted by atomic mass is 19.4. The molecule has 0 spiro atoms. The number of nitrogens with one attached hydrogen (secondary N) is 1. The van der Waals surface area contributed by atoms with Gasteiger partial charge in [-0.2, -0.15) is 13.2 Å². The summed E-state index contributed by atoms with van der Waals surface area (Å²) in [5.41, 5.74) is 0. The number of hydrogen-bond donors (Lipinski definition) is 1. The summed E-state index contributed by atoms with van der Waals surface area (Å²) in [6.07, 6.45) is -2.96. The van der Waals surface area contributed by atoms with E-state index in [0.29, 0.717) is 13.1 Å². The Kier molecular flexibility index (Phi) is 5.44. The number of nitrogens with zero attached hydrogens (tertiary/aromatic N) is 1. The van der Waals surface area contributed by atoms with Gasteiger partial charge in [0.25, 0.3) is 0 Å². The van der Waals surface area contributed by atoms with E-state index in [1.165, 1.54) is 6.92 Å². The lowest BCUT2D eigenvalue weighted by atomic mass is 10.1. The highest BCUT2D eigenvalue weighted by Crippen LogP contribution is 2.14. The van der Waals surface area contributed by atoms with Crippen molar-refractivity contribution < 1.29 is 27.5 Å². The zero-order valence-electron chi connectivity index (χ0n) is 10.6. The second-order valence-corrected chi connectivity index (χ2v) is 4.44. The Hall–Kier alpha value is -1.47. The van der Waals surface area contributed by atoms with Crippen molar-refractivity contribution in [3.05, 3.63) is 0 Å². The molecule has 0 aliphatic carbocycles. The summed E-state index contributed by atoms with van der Waals surface area (Å²) in [7, 11) is 0. The average molecular weight is 282 g/mol. The molecule has 0 radical (unpaired) electrons. The van der Waals surface area contributed by atoms with Crippen LogP contribution in [0.4, 0.5) is 18.0 Å². The van der Waals surface area contributed by atoms with Gasteiger partial charge in [0.15, 0.2) is 6.61 Å². The Morgan fingerprint density at radius 1 is 1.26 bits per heavy atom. The number of halogens is 3. The van der Waals surface area contributed by atoms with Crippen LogP contribution in [0.1, 0.15) is 26.2 Å². The largest absolute Gasteiger partial charge is 0.440 e. The summed E-state index contributed by atoms with van der Waals surface area (Å²) >= 11 is 0. The van der Waals surface area contributed by atoms with E-state index in [9.17, 15) is 22.8 Å². The molecule has 19 heavy (non-hydrogen) atoms. The van der Waals surface area contributed by atoms with Crippen LogP contribution in [0.25, 0.3) is 0 Å². The molecule has 1 atom stereocenters. The van der Waals surface area contributed by atoms with Gasteiger partial charge in [0.1, 0.15) is 6.04 Å². The Morgan fingerprint density at radius 3 is 2.37 bits per heavy atom. The minimum absolute atomic E-state index is 0.302. The topological polar surface area (TPSA) is 58.6 Å². The average Bonchev–Trinajstić information content (AvgIpc) is 2.35. The SMILES string of the molecule is CC(NC(=O)OCC(F)(F)F)C(=O)N1CCCCC1. The van der Waals surface area contributed by atoms with Gasteiger partial charge >= 0.3 is 12.3 Å². The van der Waals surface area contributed by atoms with Gasteiger partial charge in [0.2, 0.25) is 5.91 Å². The van der Waals surface area contributed by atoms with Gasteiger partial charge in [0, 0.05) is 13.1 Å². The molecule has 1 heterocycles. The van der Waals surface area contributed by atoms with Crippen LogP contribution in [0.2, 0.25) is 0 Å². The maximum Gasteiger partial charge on any atom is 0.422 e. The fourth-order valence-electron chi connectivity index (χ4n) is 1.82. The van der Waals surface area contributed by atoms with Gasteiger partial charge in [-0.15, -0.1) is 0 Å². The summed E-state index contributed by atoms with van der Waals surface area (Å²) in [5.74, 6) is -0.302. The molecule has 1 fully saturated rings. The van der Waals surface area contributed by atoms with Crippen LogP contribution in [-0.4, -0.2) is 48.8 Å². The highest BCUT2D eigenvalue weighted by Gasteiger charge is 2.30. The maximum absolute atomic E-state index is 11.9. The molecular weight excluding hydrogens is 265 g/mol. The van der Waals surface area contributed by atoms with E-state index in [-0.39, 0.29) is 5.91 Å². The molecule has 0 saturated carbocycles. The van der Waals surface area contributed by atoms with Crippen molar-refractivity contribution in [2.24, 2.45) is 0 Å². The summed E-state index contributed by atoms with van der Waals surface area (Å²) in [4.78, 5) is 24.5. The van der Waals surface area contributed by atoms with Crippen molar-refractivity contribution in [3.63, 3.8) is 0 Å². The van der Waals surface area contributed by atoms with E-state index >= 15 is 0 Å². The number of ether oxygens (including phenoxy) is 1. The van der Waals surface area contributed by atoms with Crippen LogP contribution >= 0.6 is 0 Å². The van der Waals surface area contributed by atoms with Crippen molar-refractivity contribution in [1.82, 2.24) is 10.2 Å². The molecule has 1 saturated heterocycles. The molecule has 0 aromatic heterocycles. The van der Waals surface area contributed by atoms with Gasteiger partial charge in [-0.1, -0.05) is 0 Å². The second-order valence-electron chi connectivity index (χ2n) is 4.44. The minimum atomic E-state index is -4.57. The van der Waals surface area contributed by atoms with Crippen LogP contribution in [-0.2, 0) is 9.53 Å². The van der Waals surface area contributed by atoms with Gasteiger partial charge in [0.05, 0.1) is 0 Å². The summed E-state index contributed by atoms with van der Waals surface area (Å²) < 4.78 is 39.4. The van der Waals surface area contributed by atoms with Crippen LogP contribution < -0.4 is 5.32 Å². The van der Waals surface area contributed by atoms with E-state index in [4.69, 9.17) is 0 Å². The van der Waals surface area contributed by atoms with Crippen molar-refractivity contribution >= 4 is 12.0 Å². The molecule has 0 aromatic rings. The van der Waals surface area contributed by atoms with Crippen molar-refractivity contribution in [3.8, 4) is 0 Å². The Morgan fingerprint density at radius 2 is 1.84 bits per heavy atom. The fraction of sp³-hybridized carbons (Fsp3) is 0.818. The van der Waals surface area contributed by atoms with Gasteiger partial charge in [-0.25, -0.2) is 4.79 Å². The van der Waals surface area contributed by atoms with E-state index in [0.717, 1.165) is 19.3 Å². The third-order valence-electron chi connectivity index (χ3n) is 2.74. The number of carbonyl (C=O) groups excluding carboxylic acids is 2. The van der Waals surface area contributed by atoms with Gasteiger partial charge in [-0.05, 0) is 26.2 Å². The molecule has 1 aliphatic rings. The van der Waals surface area contributed by atoms with Crippen molar-refractivity contribution in [2.75, 3.05) is 19.7 Å². The number of likely N-dealkylation sites (tertiary alicyclic amines) is 1. The molecule has 1 unspecified atom stereocenters. The minimum Gasteiger partial charge on any atom is -0.440 e. The predicted octanol–water partition coefficient (Wildman–Crippen LogP) is 1.68. The first kappa shape index (κ1) is 15.6. The van der Waals surface area contributed by atoms with Gasteiger partial charge < -0.3 is 15.0 Å². The molecule has 1 N–H and O–H groups in total.